The van der Waals surface area contributed by atoms with Gasteiger partial charge in [0.1, 0.15) is 0 Å². The lowest BCUT2D eigenvalue weighted by Gasteiger charge is -2.25. The maximum absolute atomic E-state index is 9.12. The van der Waals surface area contributed by atoms with Crippen molar-refractivity contribution in [3.63, 3.8) is 0 Å². The van der Waals surface area contributed by atoms with Crippen LogP contribution in [-0.4, -0.2) is 49.6 Å². The number of aliphatic hydroxyl groups excluding tert-OH is 1. The Hall–Kier alpha value is -1.33. The van der Waals surface area contributed by atoms with Gasteiger partial charge in [0.2, 0.25) is 0 Å². The fourth-order valence-corrected chi connectivity index (χ4v) is 1.61. The van der Waals surface area contributed by atoms with E-state index in [-0.39, 0.29) is 12.7 Å². The molecule has 5 nitrogen and oxygen atoms in total. The van der Waals surface area contributed by atoms with Crippen molar-refractivity contribution in [3.8, 4) is 5.75 Å². The number of anilines is 1. The number of ether oxygens (including phenoxy) is 2. The van der Waals surface area contributed by atoms with Crippen LogP contribution in [0.5, 0.6) is 5.75 Å². The molecule has 0 radical (unpaired) electrons. The highest BCUT2D eigenvalue weighted by atomic mass is 16.5. The quantitative estimate of drug-likeness (QED) is 0.758. The highest BCUT2D eigenvalue weighted by molar-refractivity contribution is 5.52. The van der Waals surface area contributed by atoms with Crippen LogP contribution in [0.4, 0.5) is 5.82 Å². The van der Waals surface area contributed by atoms with Gasteiger partial charge in [0.05, 0.1) is 19.3 Å². The smallest absolute Gasteiger partial charge is 0.171 e. The van der Waals surface area contributed by atoms with Gasteiger partial charge in [-0.1, -0.05) is 0 Å². The Kier molecular flexibility index (Phi) is 6.46. The molecule has 0 atom stereocenters. The molecule has 1 aromatic rings. The van der Waals surface area contributed by atoms with Crippen molar-refractivity contribution in [3.05, 3.63) is 18.3 Å². The topological polar surface area (TPSA) is 54.8 Å². The second-order valence-corrected chi connectivity index (χ2v) is 4.20. The Labute approximate surface area is 108 Å². The minimum Gasteiger partial charge on any atom is -0.487 e. The van der Waals surface area contributed by atoms with Crippen LogP contribution in [0, 0.1) is 0 Å². The first kappa shape index (κ1) is 14.7. The van der Waals surface area contributed by atoms with Crippen LogP contribution in [0.1, 0.15) is 13.8 Å². The van der Waals surface area contributed by atoms with E-state index in [2.05, 4.69) is 4.98 Å². The molecule has 0 fully saturated rings. The fraction of sp³-hybridized carbons (Fsp3) is 0.615. The van der Waals surface area contributed by atoms with Crippen molar-refractivity contribution in [1.82, 2.24) is 4.98 Å². The lowest BCUT2D eigenvalue weighted by molar-refractivity contribution is 0.201. The summed E-state index contributed by atoms with van der Waals surface area (Å²) < 4.78 is 10.8. The minimum absolute atomic E-state index is 0.0708. The molecule has 0 aliphatic carbocycles. The average Bonchev–Trinajstić information content (AvgIpc) is 2.35. The van der Waals surface area contributed by atoms with Crippen LogP contribution >= 0.6 is 0 Å². The Bertz CT molecular complexity index is 345. The largest absolute Gasteiger partial charge is 0.487 e. The number of hydrogen-bond donors (Lipinski definition) is 1. The van der Waals surface area contributed by atoms with Crippen LogP contribution in [-0.2, 0) is 4.74 Å². The molecular formula is C13H22N2O3. The van der Waals surface area contributed by atoms with Crippen LogP contribution in [0.25, 0.3) is 0 Å². The summed E-state index contributed by atoms with van der Waals surface area (Å²) in [7, 11) is 1.65. The van der Waals surface area contributed by atoms with Crippen LogP contribution < -0.4 is 9.64 Å². The van der Waals surface area contributed by atoms with E-state index < -0.39 is 0 Å². The van der Waals surface area contributed by atoms with E-state index in [0.717, 1.165) is 11.6 Å². The molecule has 1 heterocycles. The molecule has 102 valence electrons. The molecule has 0 amide bonds. The molecule has 0 spiro atoms. The maximum Gasteiger partial charge on any atom is 0.171 e. The zero-order chi connectivity index (χ0) is 13.4. The highest BCUT2D eigenvalue weighted by Crippen LogP contribution is 2.25. The molecule has 0 unspecified atom stereocenters. The van der Waals surface area contributed by atoms with Gasteiger partial charge in [-0.25, -0.2) is 4.98 Å². The van der Waals surface area contributed by atoms with Crippen molar-refractivity contribution in [1.29, 1.82) is 0 Å². The van der Waals surface area contributed by atoms with E-state index in [1.54, 1.807) is 13.3 Å². The predicted octanol–water partition coefficient (Wildman–Crippen LogP) is 1.31. The first-order chi connectivity index (χ1) is 8.69. The normalized spacial score (nSPS) is 10.7. The first-order valence-electron chi connectivity index (χ1n) is 6.15. The fourth-order valence-electron chi connectivity index (χ4n) is 1.61. The van der Waals surface area contributed by atoms with E-state index in [1.165, 1.54) is 0 Å². The molecule has 0 aliphatic heterocycles. The summed E-state index contributed by atoms with van der Waals surface area (Å²) in [5.41, 5.74) is 0. The van der Waals surface area contributed by atoms with Crippen LogP contribution in [0.15, 0.2) is 18.3 Å². The van der Waals surface area contributed by atoms with Crippen molar-refractivity contribution in [2.45, 2.75) is 20.0 Å². The third-order valence-electron chi connectivity index (χ3n) is 2.35. The standard InChI is InChI=1S/C13H22N2O3/c1-11(2)18-12-5-4-6-14-13(12)15(7-9-16)8-10-17-3/h4-6,11,16H,7-10H2,1-3H3. The zero-order valence-corrected chi connectivity index (χ0v) is 11.3. The Morgan fingerprint density at radius 2 is 2.17 bits per heavy atom. The monoisotopic (exact) mass is 254 g/mol. The molecule has 1 N–H and O–H groups in total. The molecule has 5 heteroatoms. The molecule has 0 aliphatic rings. The van der Waals surface area contributed by atoms with Crippen molar-refractivity contribution in [2.75, 3.05) is 38.3 Å². The Balaban J connectivity index is 2.87. The van der Waals surface area contributed by atoms with Crippen LogP contribution in [0.3, 0.4) is 0 Å². The van der Waals surface area contributed by atoms with E-state index in [4.69, 9.17) is 14.6 Å². The summed E-state index contributed by atoms with van der Waals surface area (Å²) in [6.07, 6.45) is 1.81. The summed E-state index contributed by atoms with van der Waals surface area (Å²) in [5.74, 6) is 1.48. The molecule has 0 saturated heterocycles. The summed E-state index contributed by atoms with van der Waals surface area (Å²) in [6, 6.07) is 3.73. The minimum atomic E-state index is 0.0708. The maximum atomic E-state index is 9.12. The molecular weight excluding hydrogens is 232 g/mol. The van der Waals surface area contributed by atoms with Gasteiger partial charge in [-0.3, -0.25) is 0 Å². The highest BCUT2D eigenvalue weighted by Gasteiger charge is 2.13. The summed E-state index contributed by atoms with van der Waals surface area (Å²) in [6.45, 7) is 5.78. The number of aliphatic hydroxyl groups is 1. The summed E-state index contributed by atoms with van der Waals surface area (Å²) in [5, 5.41) is 9.12. The third kappa shape index (κ3) is 4.50. The zero-order valence-electron chi connectivity index (χ0n) is 11.3. The van der Waals surface area contributed by atoms with Gasteiger partial charge in [0, 0.05) is 26.4 Å². The Morgan fingerprint density at radius 3 is 2.78 bits per heavy atom. The second kappa shape index (κ2) is 7.89. The molecule has 1 rings (SSSR count). The SMILES string of the molecule is COCCN(CCO)c1ncccc1OC(C)C. The Morgan fingerprint density at radius 1 is 1.39 bits per heavy atom. The number of aromatic nitrogens is 1. The average molecular weight is 254 g/mol. The van der Waals surface area contributed by atoms with Crippen LogP contribution in [0.2, 0.25) is 0 Å². The van der Waals surface area contributed by atoms with Gasteiger partial charge in [-0.15, -0.1) is 0 Å². The predicted molar refractivity (Wildman–Crippen MR) is 71.2 cm³/mol. The van der Waals surface area contributed by atoms with Crippen molar-refractivity contribution in [2.24, 2.45) is 0 Å². The number of methoxy groups -OCH3 is 1. The van der Waals surface area contributed by atoms with Gasteiger partial charge in [0.25, 0.3) is 0 Å². The van der Waals surface area contributed by atoms with Gasteiger partial charge >= 0.3 is 0 Å². The number of rotatable bonds is 8. The first-order valence-corrected chi connectivity index (χ1v) is 6.15. The van der Waals surface area contributed by atoms with E-state index in [0.29, 0.717) is 19.7 Å². The van der Waals surface area contributed by atoms with Crippen molar-refractivity contribution >= 4 is 5.82 Å². The molecule has 0 aromatic carbocycles. The number of pyridine rings is 1. The number of nitrogens with zero attached hydrogens (tertiary/aromatic N) is 2. The third-order valence-corrected chi connectivity index (χ3v) is 2.35. The van der Waals surface area contributed by atoms with Gasteiger partial charge in [-0.05, 0) is 26.0 Å². The van der Waals surface area contributed by atoms with E-state index in [1.807, 2.05) is 30.9 Å². The molecule has 1 aromatic heterocycles. The van der Waals surface area contributed by atoms with Crippen molar-refractivity contribution < 1.29 is 14.6 Å². The molecule has 0 saturated carbocycles. The van der Waals surface area contributed by atoms with E-state index in [9.17, 15) is 0 Å². The summed E-state index contributed by atoms with van der Waals surface area (Å²) in [4.78, 5) is 6.30. The van der Waals surface area contributed by atoms with Gasteiger partial charge < -0.3 is 19.5 Å². The second-order valence-electron chi connectivity index (χ2n) is 4.20. The van der Waals surface area contributed by atoms with Gasteiger partial charge in [0.15, 0.2) is 11.6 Å². The number of hydrogen-bond acceptors (Lipinski definition) is 5. The van der Waals surface area contributed by atoms with Gasteiger partial charge in [-0.2, -0.15) is 0 Å². The lowest BCUT2D eigenvalue weighted by Crippen LogP contribution is -2.31. The molecule has 18 heavy (non-hydrogen) atoms. The summed E-state index contributed by atoms with van der Waals surface area (Å²) >= 11 is 0. The lowest BCUT2D eigenvalue weighted by atomic mass is 10.3. The van der Waals surface area contributed by atoms with E-state index >= 15 is 0 Å². The molecule has 0 bridgehead atoms.